The van der Waals surface area contributed by atoms with Gasteiger partial charge in [-0.05, 0) is 18.4 Å². The molecule has 1 N–H and O–H groups in total. The molecule has 1 aromatic heterocycles. The smallest absolute Gasteiger partial charge is 0.307 e. The van der Waals surface area contributed by atoms with Gasteiger partial charge in [-0.25, -0.2) is 8.42 Å². The second kappa shape index (κ2) is 7.83. The summed E-state index contributed by atoms with van der Waals surface area (Å²) in [6, 6.07) is 16.3. The zero-order valence-corrected chi connectivity index (χ0v) is 16.5. The van der Waals surface area contributed by atoms with Crippen molar-refractivity contribution in [2.24, 2.45) is 5.92 Å². The van der Waals surface area contributed by atoms with Crippen LogP contribution in [0.25, 0.3) is 10.9 Å². The zero-order valence-electron chi connectivity index (χ0n) is 15.7. The molecule has 0 unspecified atom stereocenters. The predicted octanol–water partition coefficient (Wildman–Crippen LogP) is 3.46. The molecule has 0 radical (unpaired) electrons. The van der Waals surface area contributed by atoms with Crippen molar-refractivity contribution < 1.29 is 22.7 Å². The van der Waals surface area contributed by atoms with Crippen molar-refractivity contribution in [3.05, 3.63) is 71.9 Å². The number of ketones is 1. The van der Waals surface area contributed by atoms with Gasteiger partial charge in [0.25, 0.3) is 0 Å². The Morgan fingerprint density at radius 3 is 2.52 bits per heavy atom. The first-order valence-corrected chi connectivity index (χ1v) is 11.3. The first kappa shape index (κ1) is 19.4. The Labute approximate surface area is 168 Å². The normalized spacial score (nSPS) is 19.1. The van der Waals surface area contributed by atoms with Crippen molar-refractivity contribution >= 4 is 32.5 Å². The molecule has 1 saturated heterocycles. The number of hydrogen-bond acceptors (Lipinski definition) is 5. The number of aromatic amines is 1. The first-order valence-electron chi connectivity index (χ1n) is 9.48. The minimum Gasteiger partial charge on any atom is -0.449 e. The third-order valence-electron chi connectivity index (χ3n) is 5.23. The fourth-order valence-corrected chi connectivity index (χ4v) is 5.63. The summed E-state index contributed by atoms with van der Waals surface area (Å²) < 4.78 is 28.9. The molecule has 0 aliphatic carbocycles. The molecule has 2 atom stereocenters. The Morgan fingerprint density at radius 1 is 1.07 bits per heavy atom. The second-order valence-electron chi connectivity index (χ2n) is 7.37. The van der Waals surface area contributed by atoms with E-state index in [1.165, 1.54) is 0 Å². The fourth-order valence-electron chi connectivity index (χ4n) is 3.77. The van der Waals surface area contributed by atoms with Gasteiger partial charge in [0.2, 0.25) is 5.78 Å². The van der Waals surface area contributed by atoms with Gasteiger partial charge in [-0.3, -0.25) is 9.59 Å². The van der Waals surface area contributed by atoms with Gasteiger partial charge >= 0.3 is 5.97 Å². The van der Waals surface area contributed by atoms with Gasteiger partial charge in [0.15, 0.2) is 15.9 Å². The van der Waals surface area contributed by atoms with Crippen molar-refractivity contribution in [1.82, 2.24) is 4.98 Å². The number of carbonyl (C=O) groups is 2. The first-order chi connectivity index (χ1) is 13.9. The van der Waals surface area contributed by atoms with Crippen LogP contribution in [0, 0.1) is 5.92 Å². The molecule has 7 heteroatoms. The molecule has 1 aliphatic rings. The molecule has 3 aromatic rings. The molecular weight excluding hydrogens is 390 g/mol. The monoisotopic (exact) mass is 411 g/mol. The number of Topliss-reactive ketones (excluding diaryl/α,β-unsaturated/α-hetero) is 1. The molecule has 2 aromatic carbocycles. The van der Waals surface area contributed by atoms with Crippen LogP contribution in [-0.2, 0) is 19.4 Å². The topological polar surface area (TPSA) is 93.3 Å². The molecule has 4 rings (SSSR count). The van der Waals surface area contributed by atoms with Gasteiger partial charge in [-0.2, -0.15) is 0 Å². The Hall–Kier alpha value is -2.93. The molecular formula is C22H21NO5S. The summed E-state index contributed by atoms with van der Waals surface area (Å²) in [5, 5.41) is 0.761. The number of hydrogen-bond donors (Lipinski definition) is 1. The number of H-pyrrole nitrogens is 1. The van der Waals surface area contributed by atoms with E-state index in [1.54, 1.807) is 30.5 Å². The molecule has 1 fully saturated rings. The van der Waals surface area contributed by atoms with E-state index in [9.17, 15) is 18.0 Å². The number of esters is 1. The van der Waals surface area contributed by atoms with E-state index in [0.717, 1.165) is 10.9 Å². The zero-order chi connectivity index (χ0) is 20.4. The lowest BCUT2D eigenvalue weighted by Crippen LogP contribution is -2.22. The summed E-state index contributed by atoms with van der Waals surface area (Å²) in [5.41, 5.74) is 1.85. The molecule has 1 aliphatic heterocycles. The number of carbonyl (C=O) groups excluding carboxylic acids is 2. The minimum absolute atomic E-state index is 0.00546. The van der Waals surface area contributed by atoms with Crippen LogP contribution in [0.3, 0.4) is 0 Å². The second-order valence-corrected chi connectivity index (χ2v) is 9.59. The van der Waals surface area contributed by atoms with Crippen molar-refractivity contribution in [1.29, 1.82) is 0 Å². The summed E-state index contributed by atoms with van der Waals surface area (Å²) in [4.78, 5) is 28.9. The Bertz CT molecular complexity index is 1150. The summed E-state index contributed by atoms with van der Waals surface area (Å²) in [6.07, 6.45) is 0.981. The van der Waals surface area contributed by atoms with E-state index in [1.807, 2.05) is 30.3 Å². The molecule has 29 heavy (non-hydrogen) atoms. The van der Waals surface area contributed by atoms with Gasteiger partial charge in [0.05, 0.1) is 11.5 Å². The van der Waals surface area contributed by atoms with Crippen LogP contribution in [-0.4, -0.2) is 36.7 Å². The summed E-state index contributed by atoms with van der Waals surface area (Å²) in [7, 11) is -3.08. The number of ether oxygens (including phenoxy) is 1. The largest absolute Gasteiger partial charge is 0.449 e. The quantitative estimate of drug-likeness (QED) is 0.495. The lowest BCUT2D eigenvalue weighted by molar-refractivity contribution is -0.148. The van der Waals surface area contributed by atoms with Crippen molar-refractivity contribution in [2.75, 3.05) is 11.5 Å². The highest BCUT2D eigenvalue weighted by Crippen LogP contribution is 2.29. The number of sulfone groups is 1. The minimum atomic E-state index is -3.08. The Morgan fingerprint density at radius 2 is 1.79 bits per heavy atom. The Kier molecular flexibility index (Phi) is 5.24. The van der Waals surface area contributed by atoms with Gasteiger partial charge in [0, 0.05) is 34.6 Å². The lowest BCUT2D eigenvalue weighted by atomic mass is 9.99. The van der Waals surface area contributed by atoms with E-state index < -0.39 is 21.9 Å². The number of rotatable bonds is 6. The lowest BCUT2D eigenvalue weighted by Gasteiger charge is -2.18. The van der Waals surface area contributed by atoms with Gasteiger partial charge in [-0.15, -0.1) is 0 Å². The molecule has 6 nitrogen and oxygen atoms in total. The standard InChI is InChI=1S/C22H21NO5S/c24-20(12-15-10-11-29(26,27)14-15)28-22(16-6-2-1-3-7-16)21(25)18-13-23-19-9-5-4-8-17(18)19/h1-9,13,15,22-23H,10-12,14H2/t15-,22-/m0/s1. The highest BCUT2D eigenvalue weighted by molar-refractivity contribution is 7.91. The number of para-hydroxylation sites is 1. The summed E-state index contributed by atoms with van der Waals surface area (Å²) in [5.74, 6) is -1.04. The third-order valence-corrected chi connectivity index (χ3v) is 7.06. The van der Waals surface area contributed by atoms with E-state index in [2.05, 4.69) is 4.98 Å². The highest BCUT2D eigenvalue weighted by Gasteiger charge is 2.32. The summed E-state index contributed by atoms with van der Waals surface area (Å²) >= 11 is 0. The highest BCUT2D eigenvalue weighted by atomic mass is 32.2. The molecule has 0 saturated carbocycles. The SMILES string of the molecule is O=C(C[C@@H]1CCS(=O)(=O)C1)O[C@H](C(=O)c1c[nH]c2ccccc12)c1ccccc1. The van der Waals surface area contributed by atoms with E-state index in [4.69, 9.17) is 4.74 Å². The number of nitrogens with one attached hydrogen (secondary N) is 1. The van der Waals surface area contributed by atoms with E-state index in [-0.39, 0.29) is 29.6 Å². The molecule has 2 heterocycles. The maximum absolute atomic E-state index is 13.3. The molecule has 0 spiro atoms. The van der Waals surface area contributed by atoms with Crippen LogP contribution < -0.4 is 0 Å². The number of benzene rings is 2. The molecule has 0 amide bonds. The number of fused-ring (bicyclic) bond motifs is 1. The maximum Gasteiger partial charge on any atom is 0.307 e. The molecule has 150 valence electrons. The Balaban J connectivity index is 1.59. The average Bonchev–Trinajstić information content (AvgIpc) is 3.29. The fraction of sp³-hybridized carbons (Fsp3) is 0.273. The maximum atomic E-state index is 13.3. The summed E-state index contributed by atoms with van der Waals surface area (Å²) in [6.45, 7) is 0. The van der Waals surface area contributed by atoms with Crippen LogP contribution in [0.2, 0.25) is 0 Å². The van der Waals surface area contributed by atoms with E-state index >= 15 is 0 Å². The van der Waals surface area contributed by atoms with Crippen molar-refractivity contribution in [2.45, 2.75) is 18.9 Å². The van der Waals surface area contributed by atoms with Crippen LogP contribution in [0.1, 0.15) is 34.9 Å². The van der Waals surface area contributed by atoms with Crippen LogP contribution >= 0.6 is 0 Å². The van der Waals surface area contributed by atoms with Crippen molar-refractivity contribution in [3.8, 4) is 0 Å². The van der Waals surface area contributed by atoms with Gasteiger partial charge < -0.3 is 9.72 Å². The average molecular weight is 411 g/mol. The third kappa shape index (κ3) is 4.24. The van der Waals surface area contributed by atoms with Crippen LogP contribution in [0.4, 0.5) is 0 Å². The van der Waals surface area contributed by atoms with Crippen LogP contribution in [0.5, 0.6) is 0 Å². The number of aromatic nitrogens is 1. The van der Waals surface area contributed by atoms with Crippen LogP contribution in [0.15, 0.2) is 60.8 Å². The van der Waals surface area contributed by atoms with E-state index in [0.29, 0.717) is 17.5 Å². The predicted molar refractivity (Wildman–Crippen MR) is 109 cm³/mol. The molecule has 0 bridgehead atoms. The van der Waals surface area contributed by atoms with Gasteiger partial charge in [0.1, 0.15) is 0 Å². The van der Waals surface area contributed by atoms with Gasteiger partial charge in [-0.1, -0.05) is 48.5 Å². The van der Waals surface area contributed by atoms with Crippen molar-refractivity contribution in [3.63, 3.8) is 0 Å².